The topological polar surface area (TPSA) is 251 Å². The molecule has 640 valence electrons. The van der Waals surface area contributed by atoms with Crippen molar-refractivity contribution in [2.75, 3.05) is 238 Å². The lowest BCUT2D eigenvalue weighted by molar-refractivity contribution is 0.0113. The molecule has 6 aromatic rings. The minimum absolute atomic E-state index is 0.00183. The quantitative estimate of drug-likeness (QED) is 0.0223. The summed E-state index contributed by atoms with van der Waals surface area (Å²) in [4.78, 5) is 80.6. The summed E-state index contributed by atoms with van der Waals surface area (Å²) in [5.74, 6) is 0.123. The summed E-state index contributed by atoms with van der Waals surface area (Å²) >= 11 is 39.2. The summed E-state index contributed by atoms with van der Waals surface area (Å²) in [6.07, 6.45) is 0. The van der Waals surface area contributed by atoms with Crippen molar-refractivity contribution in [2.24, 2.45) is 0 Å². The van der Waals surface area contributed by atoms with Gasteiger partial charge in [0.2, 0.25) is 0 Å². The maximum Gasteiger partial charge on any atom is 0.314 e. The van der Waals surface area contributed by atoms with Gasteiger partial charge in [-0.05, 0) is 143 Å². The summed E-state index contributed by atoms with van der Waals surface area (Å²) in [6.45, 7) is 18.5. The number of fused-ring (bicyclic) bond motifs is 6. The van der Waals surface area contributed by atoms with Crippen LogP contribution in [0.2, 0.25) is 30.1 Å². The maximum absolute atomic E-state index is 13.6. The van der Waals surface area contributed by atoms with E-state index in [0.717, 1.165) is 123 Å². The van der Waals surface area contributed by atoms with E-state index >= 15 is 0 Å². The lowest BCUT2D eigenvalue weighted by Gasteiger charge is -2.33. The van der Waals surface area contributed by atoms with Crippen molar-refractivity contribution in [3.8, 4) is 0 Å². The molecule has 7 amide bonds. The molecule has 12 rings (SSSR count). The number of likely N-dealkylation sites (N-methyl/N-ethyl adjacent to an activating group) is 3. The summed E-state index contributed by atoms with van der Waals surface area (Å²) in [5.41, 5.74) is 14.9. The van der Waals surface area contributed by atoms with Gasteiger partial charge >= 0.3 is 12.1 Å². The van der Waals surface area contributed by atoms with Gasteiger partial charge < -0.3 is 98.6 Å². The molecule has 5 N–H and O–H groups in total. The van der Waals surface area contributed by atoms with Crippen molar-refractivity contribution < 1.29 is 66.6 Å². The zero-order chi connectivity index (χ0) is 82.9. The number of halogens is 6. The predicted molar refractivity (Wildman–Crippen MR) is 457 cm³/mol. The normalized spacial score (nSPS) is 17.2. The Kier molecular flexibility index (Phi) is 35.4. The molecule has 0 saturated heterocycles. The van der Waals surface area contributed by atoms with E-state index in [9.17, 15) is 24.0 Å². The number of nitrogens with zero attached hydrogens (tertiary/aromatic N) is 7. The Morgan fingerprint density at radius 3 is 0.949 bits per heavy atom. The smallest absolute Gasteiger partial charge is 0.314 e. The van der Waals surface area contributed by atoms with E-state index in [1.165, 1.54) is 0 Å². The lowest BCUT2D eigenvalue weighted by Crippen LogP contribution is -2.46. The van der Waals surface area contributed by atoms with Gasteiger partial charge in [-0.3, -0.25) is 19.3 Å². The third kappa shape index (κ3) is 25.8. The summed E-state index contributed by atoms with van der Waals surface area (Å²) in [6, 6.07) is 29.3. The molecule has 118 heavy (non-hydrogen) atoms. The van der Waals surface area contributed by atoms with Crippen LogP contribution < -0.4 is 26.6 Å². The minimum atomic E-state index is -0.326. The number of benzene rings is 6. The Labute approximate surface area is 722 Å². The number of ether oxygens (including phenoxy) is 9. The van der Waals surface area contributed by atoms with Gasteiger partial charge in [-0.25, -0.2) is 9.59 Å². The van der Waals surface area contributed by atoms with Crippen molar-refractivity contribution >= 4 is 99.4 Å². The van der Waals surface area contributed by atoms with Gasteiger partial charge in [-0.2, -0.15) is 0 Å². The van der Waals surface area contributed by atoms with E-state index in [1.807, 2.05) is 51.1 Å². The fourth-order valence-electron chi connectivity index (χ4n) is 16.0. The first kappa shape index (κ1) is 90.7. The third-order valence-electron chi connectivity index (χ3n) is 22.0. The van der Waals surface area contributed by atoms with Crippen molar-refractivity contribution in [3.63, 3.8) is 0 Å². The van der Waals surface area contributed by atoms with Crippen LogP contribution in [0.1, 0.15) is 116 Å². The van der Waals surface area contributed by atoms with E-state index in [0.29, 0.717) is 247 Å². The number of urea groups is 2. The first-order chi connectivity index (χ1) is 57.3. The van der Waals surface area contributed by atoms with Gasteiger partial charge in [0, 0.05) is 202 Å². The fourth-order valence-corrected chi connectivity index (χ4v) is 17.7. The van der Waals surface area contributed by atoms with Crippen LogP contribution in [0.15, 0.2) is 91.0 Å². The second-order valence-electron chi connectivity index (χ2n) is 30.5. The monoisotopic (exact) mass is 1740 g/mol. The molecular formula is C86H110Cl6N12O14. The van der Waals surface area contributed by atoms with Gasteiger partial charge in [0.1, 0.15) is 0 Å². The molecule has 0 bridgehead atoms. The average Bonchev–Trinajstić information content (AvgIpc) is 1.57. The van der Waals surface area contributed by atoms with E-state index in [1.54, 1.807) is 18.2 Å². The molecule has 32 heteroatoms. The molecule has 0 spiro atoms. The van der Waals surface area contributed by atoms with Gasteiger partial charge in [0.05, 0.1) is 119 Å². The molecule has 3 atom stereocenters. The third-order valence-corrected chi connectivity index (χ3v) is 23.7. The van der Waals surface area contributed by atoms with Gasteiger partial charge in [-0.15, -0.1) is 0 Å². The number of amides is 7. The van der Waals surface area contributed by atoms with Crippen LogP contribution in [0.5, 0.6) is 0 Å². The molecule has 0 aliphatic carbocycles. The zero-order valence-corrected chi connectivity index (χ0v) is 72.1. The van der Waals surface area contributed by atoms with Crippen LogP contribution in [0.4, 0.5) is 9.59 Å². The molecule has 0 fully saturated rings. The highest BCUT2D eigenvalue weighted by molar-refractivity contribution is 6.36. The Balaban J connectivity index is 0.479. The molecule has 0 aromatic heterocycles. The largest absolute Gasteiger partial charge is 0.378 e. The Hall–Kier alpha value is -6.55. The first-order valence-electron chi connectivity index (χ1n) is 40.7. The SMILES string of the molecule is CN1Cc2c(Cl)cc(Cl)cc2C(c2ccc3c(c2)C(=O)N(CCOCCOCCOCCNCCN(CCNC(=O)NCCOCCOCCOCCN2Cc4ccc(C5CN(C)Cc6c(Cl)cc(Cl)cc65)cc4C2=O)CCNC(=O)NCCOCCOCCOCCN2Cc4ccc(C5CN(C)Cc6c(Cl)cc(Cl)cc65)cc4C2=O)C3)C1. The molecular weight excluding hydrogens is 1640 g/mol. The Bertz CT molecular complexity index is 4200. The van der Waals surface area contributed by atoms with Gasteiger partial charge in [-0.1, -0.05) is 106 Å². The van der Waals surface area contributed by atoms with Crippen LogP contribution in [-0.4, -0.2) is 302 Å². The zero-order valence-electron chi connectivity index (χ0n) is 67.6. The maximum atomic E-state index is 13.6. The summed E-state index contributed by atoms with van der Waals surface area (Å²) < 4.78 is 51.9. The summed E-state index contributed by atoms with van der Waals surface area (Å²) in [5, 5.41) is 18.7. The van der Waals surface area contributed by atoms with Crippen molar-refractivity contribution in [3.05, 3.63) is 205 Å². The van der Waals surface area contributed by atoms with Crippen LogP contribution >= 0.6 is 69.6 Å². The number of carbonyl (C=O) groups is 5. The molecule has 3 unspecified atom stereocenters. The van der Waals surface area contributed by atoms with E-state index in [-0.39, 0.29) is 47.5 Å². The molecule has 6 aliphatic heterocycles. The second-order valence-corrected chi connectivity index (χ2v) is 33.0. The number of carbonyl (C=O) groups excluding carboxylic acids is 5. The van der Waals surface area contributed by atoms with E-state index < -0.39 is 0 Å². The summed E-state index contributed by atoms with van der Waals surface area (Å²) in [7, 11) is 6.22. The van der Waals surface area contributed by atoms with Gasteiger partial charge in [0.25, 0.3) is 17.7 Å². The number of rotatable bonds is 48. The molecule has 0 saturated carbocycles. The van der Waals surface area contributed by atoms with Crippen LogP contribution in [0, 0.1) is 0 Å². The Morgan fingerprint density at radius 2 is 0.627 bits per heavy atom. The molecule has 6 aromatic carbocycles. The standard InChI is InChI=1S/C86H110Cl6N12O14/c1-98-52-73(70-43-64(87)46-79(90)76(70)55-98)58-4-7-61-49-102(82(105)67(61)40-58)19-25-113-31-37-116-34-28-110-22-13-93-10-16-101(17-11-94-85(108)96-14-23-111-29-35-117-38-32-114-26-20-103-50-62-8-5-59(41-68(62)83(103)106)74-53-99(2)56-77-71(74)44-65(88)47-80(77)91)18-12-95-86(109)97-15-24-112-30-36-118-39-33-115-27-21-104-51-63-9-6-60(42-69(63)84(104)107)75-54-100(3)57-78-72(75)45-66(89)48-81(78)92/h4-9,40-48,73-75,93H,10-39,49-57H2,1-3H3,(H2,94,96,108)(H2,95,97,109). The molecule has 6 aliphatic rings. The highest BCUT2D eigenvalue weighted by atomic mass is 35.5. The number of hydrogen-bond acceptors (Lipinski definition) is 19. The number of nitrogens with one attached hydrogen (secondary N) is 5. The van der Waals surface area contributed by atoms with Gasteiger partial charge in [0.15, 0.2) is 0 Å². The second kappa shape index (κ2) is 46.1. The predicted octanol–water partition coefficient (Wildman–Crippen LogP) is 10.2. The van der Waals surface area contributed by atoms with Crippen molar-refractivity contribution in [1.29, 1.82) is 0 Å². The van der Waals surface area contributed by atoms with E-state index in [4.69, 9.17) is 112 Å². The van der Waals surface area contributed by atoms with E-state index in [2.05, 4.69) is 104 Å². The van der Waals surface area contributed by atoms with Crippen molar-refractivity contribution in [1.82, 2.24) is 60.9 Å². The van der Waals surface area contributed by atoms with Crippen LogP contribution in [0.25, 0.3) is 0 Å². The molecule has 0 radical (unpaired) electrons. The average molecular weight is 1750 g/mol. The molecule has 26 nitrogen and oxygen atoms in total. The minimum Gasteiger partial charge on any atom is -0.378 e. The number of hydrogen-bond donors (Lipinski definition) is 5. The van der Waals surface area contributed by atoms with Crippen LogP contribution in [0.3, 0.4) is 0 Å². The highest BCUT2D eigenvalue weighted by Gasteiger charge is 2.36. The van der Waals surface area contributed by atoms with Crippen LogP contribution in [-0.2, 0) is 81.9 Å². The Morgan fingerprint density at radius 1 is 0.347 bits per heavy atom. The lowest BCUT2D eigenvalue weighted by atomic mass is 9.84. The molecule has 6 heterocycles. The highest BCUT2D eigenvalue weighted by Crippen LogP contribution is 2.43. The van der Waals surface area contributed by atoms with Crippen molar-refractivity contribution in [2.45, 2.75) is 57.0 Å². The first-order valence-corrected chi connectivity index (χ1v) is 43.0. The fraction of sp³-hybridized carbons (Fsp3) is 0.523.